The molecular formula is C18H13BrClNO3S. The van der Waals surface area contributed by atoms with Crippen molar-refractivity contribution >= 4 is 56.5 Å². The van der Waals surface area contributed by atoms with Gasteiger partial charge >= 0.3 is 0 Å². The molecule has 0 atom stereocenters. The van der Waals surface area contributed by atoms with E-state index in [-0.39, 0.29) is 17.7 Å². The lowest BCUT2D eigenvalue weighted by Crippen LogP contribution is -2.27. The van der Waals surface area contributed by atoms with Gasteiger partial charge in [-0.25, -0.2) is 0 Å². The van der Waals surface area contributed by atoms with Crippen molar-refractivity contribution < 1.29 is 14.3 Å². The zero-order valence-electron chi connectivity index (χ0n) is 13.2. The Morgan fingerprint density at radius 3 is 2.60 bits per heavy atom. The van der Waals surface area contributed by atoms with Gasteiger partial charge in [0.15, 0.2) is 0 Å². The number of thioether (sulfide) groups is 1. The summed E-state index contributed by atoms with van der Waals surface area (Å²) in [5, 5.41) is 0.319. The number of carbonyl (C=O) groups excluding carboxylic acids is 2. The minimum Gasteiger partial charge on any atom is -0.496 e. The van der Waals surface area contributed by atoms with Gasteiger partial charge in [0.2, 0.25) is 0 Å². The zero-order valence-corrected chi connectivity index (χ0v) is 16.3. The minimum absolute atomic E-state index is 0.217. The van der Waals surface area contributed by atoms with Gasteiger partial charge in [0, 0.05) is 15.1 Å². The van der Waals surface area contributed by atoms with Crippen LogP contribution in [0, 0.1) is 0 Å². The Bertz CT molecular complexity index is 867. The minimum atomic E-state index is -0.313. The molecule has 25 heavy (non-hydrogen) atoms. The average molecular weight is 439 g/mol. The third-order valence-electron chi connectivity index (χ3n) is 3.61. The normalized spacial score (nSPS) is 16.0. The summed E-state index contributed by atoms with van der Waals surface area (Å²) in [5.41, 5.74) is 1.57. The third kappa shape index (κ3) is 4.08. The lowest BCUT2D eigenvalue weighted by Gasteiger charge is -2.12. The maximum atomic E-state index is 12.6. The van der Waals surface area contributed by atoms with E-state index in [1.807, 2.05) is 12.1 Å². The number of nitrogens with zero attached hydrogens (tertiary/aromatic N) is 1. The fraction of sp³-hybridized carbons (Fsp3) is 0.111. The van der Waals surface area contributed by atoms with E-state index in [1.54, 1.807) is 43.5 Å². The number of benzene rings is 2. The van der Waals surface area contributed by atoms with Crippen molar-refractivity contribution in [2.75, 3.05) is 7.11 Å². The number of hydrogen-bond donors (Lipinski definition) is 0. The van der Waals surface area contributed by atoms with Crippen molar-refractivity contribution in [3.8, 4) is 5.75 Å². The third-order valence-corrected chi connectivity index (χ3v) is 5.26. The van der Waals surface area contributed by atoms with E-state index in [1.165, 1.54) is 4.90 Å². The highest BCUT2D eigenvalue weighted by molar-refractivity contribution is 9.10. The van der Waals surface area contributed by atoms with Crippen LogP contribution in [0.15, 0.2) is 51.8 Å². The van der Waals surface area contributed by atoms with Gasteiger partial charge in [-0.15, -0.1) is 0 Å². The Labute approximate surface area is 162 Å². The van der Waals surface area contributed by atoms with Crippen LogP contribution in [-0.4, -0.2) is 23.2 Å². The summed E-state index contributed by atoms with van der Waals surface area (Å²) in [6, 6.07) is 12.6. The molecular weight excluding hydrogens is 426 g/mol. The number of imide groups is 1. The van der Waals surface area contributed by atoms with Crippen molar-refractivity contribution in [1.29, 1.82) is 0 Å². The molecule has 0 saturated carbocycles. The Hall–Kier alpha value is -1.76. The van der Waals surface area contributed by atoms with Crippen LogP contribution >= 0.6 is 39.3 Å². The maximum Gasteiger partial charge on any atom is 0.293 e. The molecule has 1 saturated heterocycles. The van der Waals surface area contributed by atoms with Crippen molar-refractivity contribution in [1.82, 2.24) is 4.90 Å². The fourth-order valence-electron chi connectivity index (χ4n) is 2.37. The summed E-state index contributed by atoms with van der Waals surface area (Å²) < 4.78 is 6.17. The number of hydrogen-bond acceptors (Lipinski definition) is 4. The smallest absolute Gasteiger partial charge is 0.293 e. The van der Waals surface area contributed by atoms with Gasteiger partial charge in [0.25, 0.3) is 11.1 Å². The van der Waals surface area contributed by atoms with E-state index in [0.717, 1.165) is 27.4 Å². The molecule has 7 heteroatoms. The zero-order chi connectivity index (χ0) is 18.0. The molecule has 0 radical (unpaired) electrons. The number of amides is 2. The molecule has 3 rings (SSSR count). The largest absolute Gasteiger partial charge is 0.496 e. The number of rotatable bonds is 4. The Kier molecular flexibility index (Phi) is 5.51. The summed E-state index contributed by atoms with van der Waals surface area (Å²) in [4.78, 5) is 26.4. The summed E-state index contributed by atoms with van der Waals surface area (Å²) in [6.45, 7) is 0.217. The number of ether oxygens (including phenoxy) is 1. The lowest BCUT2D eigenvalue weighted by atomic mass is 10.1. The second kappa shape index (κ2) is 7.64. The second-order valence-electron chi connectivity index (χ2n) is 5.28. The van der Waals surface area contributed by atoms with Crippen LogP contribution < -0.4 is 4.74 Å². The molecule has 0 aliphatic carbocycles. The van der Waals surface area contributed by atoms with E-state index in [9.17, 15) is 9.59 Å². The molecule has 2 aromatic carbocycles. The SMILES string of the molecule is COc1ccc(Br)cc1/C=C1\SC(=O)N(Cc2ccc(Cl)cc2)C1=O. The van der Waals surface area contributed by atoms with Crippen LogP contribution in [0.5, 0.6) is 5.75 Å². The van der Waals surface area contributed by atoms with E-state index in [0.29, 0.717) is 15.7 Å². The van der Waals surface area contributed by atoms with Crippen LogP contribution in [-0.2, 0) is 11.3 Å². The summed E-state index contributed by atoms with van der Waals surface area (Å²) in [5.74, 6) is 0.319. The van der Waals surface area contributed by atoms with Gasteiger partial charge < -0.3 is 4.74 Å². The van der Waals surface area contributed by atoms with Gasteiger partial charge in [-0.2, -0.15) is 0 Å². The first-order chi connectivity index (χ1) is 12.0. The Morgan fingerprint density at radius 1 is 1.20 bits per heavy atom. The van der Waals surface area contributed by atoms with Crippen molar-refractivity contribution in [3.05, 3.63) is 68.0 Å². The predicted molar refractivity (Wildman–Crippen MR) is 104 cm³/mol. The summed E-state index contributed by atoms with van der Waals surface area (Å²) >= 11 is 10.2. The Balaban J connectivity index is 1.86. The first-order valence-corrected chi connectivity index (χ1v) is 9.30. The van der Waals surface area contributed by atoms with Gasteiger partial charge in [-0.3, -0.25) is 14.5 Å². The van der Waals surface area contributed by atoms with E-state index >= 15 is 0 Å². The van der Waals surface area contributed by atoms with Crippen LogP contribution in [0.3, 0.4) is 0 Å². The molecule has 0 bridgehead atoms. The quantitative estimate of drug-likeness (QED) is 0.604. The fourth-order valence-corrected chi connectivity index (χ4v) is 3.70. The topological polar surface area (TPSA) is 46.6 Å². The number of methoxy groups -OCH3 is 1. The van der Waals surface area contributed by atoms with E-state index in [2.05, 4.69) is 15.9 Å². The molecule has 0 unspecified atom stereocenters. The highest BCUT2D eigenvalue weighted by Crippen LogP contribution is 2.35. The summed E-state index contributed by atoms with van der Waals surface area (Å²) in [7, 11) is 1.56. The molecule has 4 nitrogen and oxygen atoms in total. The van der Waals surface area contributed by atoms with Gasteiger partial charge in [0.1, 0.15) is 5.75 Å². The van der Waals surface area contributed by atoms with Crippen molar-refractivity contribution in [2.24, 2.45) is 0 Å². The molecule has 1 aliphatic heterocycles. The first kappa shape index (κ1) is 18.0. The first-order valence-electron chi connectivity index (χ1n) is 7.31. The van der Waals surface area contributed by atoms with E-state index < -0.39 is 0 Å². The monoisotopic (exact) mass is 437 g/mol. The van der Waals surface area contributed by atoms with Gasteiger partial charge in [-0.1, -0.05) is 39.7 Å². The molecule has 0 aromatic heterocycles. The molecule has 2 aromatic rings. The molecule has 0 N–H and O–H groups in total. The average Bonchev–Trinajstić information content (AvgIpc) is 2.84. The molecule has 1 heterocycles. The van der Waals surface area contributed by atoms with Crippen LogP contribution in [0.4, 0.5) is 4.79 Å². The van der Waals surface area contributed by atoms with E-state index in [4.69, 9.17) is 16.3 Å². The Morgan fingerprint density at radius 2 is 1.92 bits per heavy atom. The van der Waals surface area contributed by atoms with Crippen LogP contribution in [0.2, 0.25) is 5.02 Å². The maximum absolute atomic E-state index is 12.6. The predicted octanol–water partition coefficient (Wildman–Crippen LogP) is 5.35. The summed E-state index contributed by atoms with van der Waals surface area (Å²) in [6.07, 6.45) is 1.68. The van der Waals surface area contributed by atoms with Crippen molar-refractivity contribution in [2.45, 2.75) is 6.54 Å². The molecule has 0 spiro atoms. The van der Waals surface area contributed by atoms with Gasteiger partial charge in [0.05, 0.1) is 18.6 Å². The van der Waals surface area contributed by atoms with Gasteiger partial charge in [-0.05, 0) is 53.7 Å². The highest BCUT2D eigenvalue weighted by Gasteiger charge is 2.35. The highest BCUT2D eigenvalue weighted by atomic mass is 79.9. The molecule has 1 aliphatic rings. The lowest BCUT2D eigenvalue weighted by molar-refractivity contribution is -0.123. The standard InChI is InChI=1S/C18H13BrClNO3S/c1-24-15-7-4-13(19)8-12(15)9-16-17(22)21(18(23)25-16)10-11-2-5-14(20)6-3-11/h2-9H,10H2,1H3/b16-9-. The van der Waals surface area contributed by atoms with Crippen LogP contribution in [0.1, 0.15) is 11.1 Å². The molecule has 2 amide bonds. The van der Waals surface area contributed by atoms with Crippen LogP contribution in [0.25, 0.3) is 6.08 Å². The number of carbonyl (C=O) groups is 2. The molecule has 128 valence electrons. The van der Waals surface area contributed by atoms with Crippen molar-refractivity contribution in [3.63, 3.8) is 0 Å². The molecule has 1 fully saturated rings. The number of halogens is 2. The second-order valence-corrected chi connectivity index (χ2v) is 7.63.